The van der Waals surface area contributed by atoms with E-state index in [9.17, 15) is 26.4 Å². The largest absolute Gasteiger partial charge is 0.501 e. The first-order chi connectivity index (χ1) is 12.7. The first-order valence-corrected chi connectivity index (χ1v) is 9.08. The van der Waals surface area contributed by atoms with Gasteiger partial charge in [0, 0.05) is 6.08 Å². The van der Waals surface area contributed by atoms with Crippen molar-refractivity contribution >= 4 is 21.4 Å². The Morgan fingerprint density at radius 1 is 0.963 bits per heavy atom. The molecule has 0 aromatic heterocycles. The van der Waals surface area contributed by atoms with Crippen LogP contribution < -0.4 is 0 Å². The first kappa shape index (κ1) is 20.4. The summed E-state index contributed by atoms with van der Waals surface area (Å²) in [6.07, 6.45) is 4.21. The lowest BCUT2D eigenvalue weighted by Gasteiger charge is -2.11. The van der Waals surface area contributed by atoms with E-state index in [0.29, 0.717) is 11.1 Å². The Bertz CT molecular complexity index is 958. The van der Waals surface area contributed by atoms with Crippen LogP contribution in [0, 0.1) is 0 Å². The number of allylic oxidation sites excluding steroid dienone is 2. The summed E-state index contributed by atoms with van der Waals surface area (Å²) in [5.74, 6) is -0.565. The highest BCUT2D eigenvalue weighted by atomic mass is 32.2. The van der Waals surface area contributed by atoms with Gasteiger partial charge < -0.3 is 4.74 Å². The maximum absolute atomic E-state index is 12.7. The average molecular weight is 396 g/mol. The molecule has 0 spiro atoms. The van der Waals surface area contributed by atoms with Crippen LogP contribution in [-0.2, 0) is 19.4 Å². The van der Waals surface area contributed by atoms with Gasteiger partial charge in [-0.1, -0.05) is 54.6 Å². The monoisotopic (exact) mass is 396 g/mol. The molecule has 0 amide bonds. The minimum absolute atomic E-state index is 0.483. The fourth-order valence-electron chi connectivity index (χ4n) is 2.22. The standard InChI is InChI=1S/C19H15F3O4S/c1-26-18(23)9-5-8-17(14-6-3-2-4-7-14)15-10-12-16(13-11-15)27(24,25)19(20,21)22/h2-13H,1H3. The molecule has 0 aliphatic carbocycles. The van der Waals surface area contributed by atoms with Gasteiger partial charge in [-0.25, -0.2) is 13.2 Å². The van der Waals surface area contributed by atoms with E-state index in [1.807, 2.05) is 0 Å². The third-order valence-corrected chi connectivity index (χ3v) is 5.06. The molecule has 0 aliphatic heterocycles. The number of ether oxygens (including phenoxy) is 1. The number of rotatable bonds is 5. The predicted octanol–water partition coefficient (Wildman–Crippen LogP) is 4.14. The van der Waals surface area contributed by atoms with Gasteiger partial charge in [-0.3, -0.25) is 0 Å². The number of carbonyl (C=O) groups is 1. The minimum Gasteiger partial charge on any atom is -0.466 e. The van der Waals surface area contributed by atoms with Crippen molar-refractivity contribution in [2.24, 2.45) is 0 Å². The zero-order chi connectivity index (χ0) is 20.1. The number of sulfone groups is 1. The van der Waals surface area contributed by atoms with Gasteiger partial charge >= 0.3 is 11.5 Å². The number of hydrogen-bond donors (Lipinski definition) is 0. The second-order valence-corrected chi connectivity index (χ2v) is 7.24. The van der Waals surface area contributed by atoms with Crippen LogP contribution in [0.2, 0.25) is 0 Å². The highest BCUT2D eigenvalue weighted by Gasteiger charge is 2.46. The third kappa shape index (κ3) is 4.85. The summed E-state index contributed by atoms with van der Waals surface area (Å²) in [4.78, 5) is 10.4. The molecule has 27 heavy (non-hydrogen) atoms. The Hall–Kier alpha value is -2.87. The van der Waals surface area contributed by atoms with Crippen LogP contribution in [0.15, 0.2) is 77.7 Å². The number of halogens is 3. The van der Waals surface area contributed by atoms with Crippen molar-refractivity contribution in [3.63, 3.8) is 0 Å². The molecule has 0 N–H and O–H groups in total. The molecule has 0 radical (unpaired) electrons. The van der Waals surface area contributed by atoms with Gasteiger partial charge in [0.15, 0.2) is 0 Å². The van der Waals surface area contributed by atoms with E-state index in [1.165, 1.54) is 31.4 Å². The molecule has 0 unspecified atom stereocenters. The Kier molecular flexibility index (Phi) is 6.22. The van der Waals surface area contributed by atoms with E-state index >= 15 is 0 Å². The normalized spacial score (nSPS) is 13.0. The molecular weight excluding hydrogens is 381 g/mol. The predicted molar refractivity (Wildman–Crippen MR) is 94.4 cm³/mol. The van der Waals surface area contributed by atoms with E-state index in [1.54, 1.807) is 36.4 Å². The van der Waals surface area contributed by atoms with Crippen molar-refractivity contribution in [1.29, 1.82) is 0 Å². The number of hydrogen-bond acceptors (Lipinski definition) is 4. The van der Waals surface area contributed by atoms with Crippen LogP contribution in [-0.4, -0.2) is 27.0 Å². The van der Waals surface area contributed by atoms with Crippen molar-refractivity contribution in [2.75, 3.05) is 7.11 Å². The van der Waals surface area contributed by atoms with Crippen LogP contribution >= 0.6 is 0 Å². The highest BCUT2D eigenvalue weighted by Crippen LogP contribution is 2.31. The minimum atomic E-state index is -5.41. The van der Waals surface area contributed by atoms with E-state index in [-0.39, 0.29) is 0 Å². The van der Waals surface area contributed by atoms with E-state index < -0.39 is 26.2 Å². The van der Waals surface area contributed by atoms with Crippen molar-refractivity contribution < 1.29 is 31.1 Å². The third-order valence-electron chi connectivity index (χ3n) is 3.56. The fraction of sp³-hybridized carbons (Fsp3) is 0.105. The average Bonchev–Trinajstić information content (AvgIpc) is 2.65. The maximum Gasteiger partial charge on any atom is 0.501 e. The SMILES string of the molecule is COC(=O)C=CC=C(c1ccccc1)c1ccc(S(=O)(=O)C(F)(F)F)cc1. The van der Waals surface area contributed by atoms with Crippen molar-refractivity contribution in [1.82, 2.24) is 0 Å². The van der Waals surface area contributed by atoms with E-state index in [0.717, 1.165) is 17.7 Å². The topological polar surface area (TPSA) is 60.4 Å². The van der Waals surface area contributed by atoms with Gasteiger partial charge in [0.05, 0.1) is 12.0 Å². The molecule has 2 aromatic rings. The lowest BCUT2D eigenvalue weighted by molar-refractivity contribution is -0.134. The van der Waals surface area contributed by atoms with Crippen LogP contribution in [0.4, 0.5) is 13.2 Å². The van der Waals surface area contributed by atoms with Gasteiger partial charge in [-0.15, -0.1) is 0 Å². The number of benzene rings is 2. The fourth-order valence-corrected chi connectivity index (χ4v) is 2.98. The highest BCUT2D eigenvalue weighted by molar-refractivity contribution is 7.92. The molecule has 8 heteroatoms. The molecule has 0 fully saturated rings. The molecule has 0 atom stereocenters. The summed E-state index contributed by atoms with van der Waals surface area (Å²) >= 11 is 0. The number of carbonyl (C=O) groups excluding carboxylic acids is 1. The quantitative estimate of drug-likeness (QED) is 0.433. The van der Waals surface area contributed by atoms with Gasteiger partial charge in [-0.05, 0) is 28.8 Å². The first-order valence-electron chi connectivity index (χ1n) is 7.60. The Balaban J connectivity index is 2.47. The zero-order valence-electron chi connectivity index (χ0n) is 14.1. The second kappa shape index (κ2) is 8.22. The van der Waals surface area contributed by atoms with E-state index in [2.05, 4.69) is 4.74 Å². The number of esters is 1. The molecule has 0 heterocycles. The van der Waals surface area contributed by atoms with Crippen LogP contribution in [0.25, 0.3) is 5.57 Å². The molecule has 0 saturated carbocycles. The molecule has 2 aromatic carbocycles. The summed E-state index contributed by atoms with van der Waals surface area (Å²) in [6, 6.07) is 13.3. The van der Waals surface area contributed by atoms with Crippen molar-refractivity contribution in [3.8, 4) is 0 Å². The summed E-state index contributed by atoms with van der Waals surface area (Å²) in [7, 11) is -4.18. The van der Waals surface area contributed by atoms with Crippen LogP contribution in [0.3, 0.4) is 0 Å². The van der Waals surface area contributed by atoms with Crippen molar-refractivity contribution in [2.45, 2.75) is 10.4 Å². The smallest absolute Gasteiger partial charge is 0.466 e. The lowest BCUT2D eigenvalue weighted by Crippen LogP contribution is -2.23. The lowest BCUT2D eigenvalue weighted by atomic mass is 9.97. The maximum atomic E-state index is 12.7. The molecular formula is C19H15F3O4S. The zero-order valence-corrected chi connectivity index (χ0v) is 14.9. The van der Waals surface area contributed by atoms with Crippen LogP contribution in [0.5, 0.6) is 0 Å². The summed E-state index contributed by atoms with van der Waals surface area (Å²) in [5, 5.41) is 0. The van der Waals surface area contributed by atoms with Crippen LogP contribution in [0.1, 0.15) is 11.1 Å². The molecule has 0 aliphatic rings. The summed E-state index contributed by atoms with van der Waals surface area (Å²) in [6.45, 7) is 0. The van der Waals surface area contributed by atoms with E-state index in [4.69, 9.17) is 0 Å². The van der Waals surface area contributed by atoms with Gasteiger partial charge in [0.2, 0.25) is 0 Å². The number of alkyl halides is 3. The Morgan fingerprint density at radius 3 is 2.04 bits per heavy atom. The molecule has 142 valence electrons. The van der Waals surface area contributed by atoms with Crippen molar-refractivity contribution in [3.05, 3.63) is 84.0 Å². The summed E-state index contributed by atoms with van der Waals surface area (Å²) < 4.78 is 65.5. The number of methoxy groups -OCH3 is 1. The molecule has 0 bridgehead atoms. The van der Waals surface area contributed by atoms with Gasteiger partial charge in [0.25, 0.3) is 9.84 Å². The Morgan fingerprint density at radius 2 is 1.52 bits per heavy atom. The van der Waals surface area contributed by atoms with Gasteiger partial charge in [0.1, 0.15) is 0 Å². The Labute approximate surface area is 154 Å². The second-order valence-electron chi connectivity index (χ2n) is 5.30. The molecule has 0 saturated heterocycles. The molecule has 2 rings (SSSR count). The molecule has 4 nitrogen and oxygen atoms in total. The van der Waals surface area contributed by atoms with Gasteiger partial charge in [-0.2, -0.15) is 13.2 Å². The summed E-state index contributed by atoms with van der Waals surface area (Å²) in [5.41, 5.74) is -3.56.